The Hall–Kier alpha value is -0.940. The molecule has 0 bridgehead atoms. The number of nitrogens with zero attached hydrogens (tertiary/aromatic N) is 2. The van der Waals surface area contributed by atoms with Crippen molar-refractivity contribution in [1.82, 2.24) is 4.90 Å². The fraction of sp³-hybridized carbons (Fsp3) is 0.286. The Balaban J connectivity index is 0.000000810. The van der Waals surface area contributed by atoms with E-state index >= 15 is 0 Å². The first-order valence-corrected chi connectivity index (χ1v) is 2.88. The van der Waals surface area contributed by atoms with Crippen LogP contribution in [0.25, 0.3) is 0 Å². The predicted molar refractivity (Wildman–Crippen MR) is 42.7 cm³/mol. The van der Waals surface area contributed by atoms with Crippen LogP contribution in [0, 0.1) is 11.3 Å². The second kappa shape index (κ2) is 4.89. The van der Waals surface area contributed by atoms with Crippen molar-refractivity contribution in [3.05, 3.63) is 24.4 Å². The van der Waals surface area contributed by atoms with Gasteiger partial charge in [0.05, 0.1) is 6.07 Å². The van der Waals surface area contributed by atoms with Crippen LogP contribution in [0.2, 0.25) is 0 Å². The maximum atomic E-state index is 8.27. The normalized spacial score (nSPS) is 14.1. The summed E-state index contributed by atoms with van der Waals surface area (Å²) in [6.07, 6.45) is 7.86. The van der Waals surface area contributed by atoms with E-state index in [1.165, 1.54) is 0 Å². The van der Waals surface area contributed by atoms with Crippen molar-refractivity contribution < 1.29 is 0 Å². The highest BCUT2D eigenvalue weighted by Crippen LogP contribution is 1.95. The van der Waals surface area contributed by atoms with Gasteiger partial charge in [0.1, 0.15) is 6.54 Å². The number of nitriles is 1. The van der Waals surface area contributed by atoms with Gasteiger partial charge in [0.15, 0.2) is 0 Å². The molecule has 0 atom stereocenters. The molecule has 0 saturated heterocycles. The smallest absolute Gasteiger partial charge is 0.105 e. The van der Waals surface area contributed by atoms with Gasteiger partial charge < -0.3 is 4.90 Å². The maximum absolute atomic E-state index is 8.27. The molecule has 2 nitrogen and oxygen atoms in total. The molecule has 0 aromatic heterocycles. The summed E-state index contributed by atoms with van der Waals surface area (Å²) in [5, 5.41) is 8.27. The van der Waals surface area contributed by atoms with E-state index in [2.05, 4.69) is 6.07 Å². The van der Waals surface area contributed by atoms with E-state index < -0.39 is 0 Å². The van der Waals surface area contributed by atoms with Gasteiger partial charge in [-0.05, 0) is 6.08 Å². The molecule has 0 N–H and O–H groups in total. The van der Waals surface area contributed by atoms with Gasteiger partial charge in [0.25, 0.3) is 0 Å². The van der Waals surface area contributed by atoms with Gasteiger partial charge in [-0.1, -0.05) is 12.2 Å². The van der Waals surface area contributed by atoms with Crippen molar-refractivity contribution in [2.75, 3.05) is 13.1 Å². The zero-order valence-corrected chi connectivity index (χ0v) is 6.34. The van der Waals surface area contributed by atoms with Crippen molar-refractivity contribution in [1.29, 1.82) is 5.26 Å². The molecule has 0 unspecified atom stereocenters. The minimum atomic E-state index is 0. The topological polar surface area (TPSA) is 27.0 Å². The maximum Gasteiger partial charge on any atom is 0.105 e. The average Bonchev–Trinajstić information content (AvgIpc) is 1.91. The first-order chi connectivity index (χ1) is 4.43. The lowest BCUT2D eigenvalue weighted by Crippen LogP contribution is -2.18. The van der Waals surface area contributed by atoms with Gasteiger partial charge in [-0.2, -0.15) is 5.26 Å². The molecule has 1 heterocycles. The Morgan fingerprint density at radius 2 is 2.30 bits per heavy atom. The molecule has 1 rings (SSSR count). The molecule has 1 aliphatic heterocycles. The second-order valence-corrected chi connectivity index (χ2v) is 1.86. The number of rotatable bonds is 1. The monoisotopic (exact) mass is 156 g/mol. The van der Waals surface area contributed by atoms with Gasteiger partial charge in [-0.15, -0.1) is 12.4 Å². The summed E-state index contributed by atoms with van der Waals surface area (Å²) in [6.45, 7) is 1.35. The molecule has 54 valence electrons. The van der Waals surface area contributed by atoms with Crippen LogP contribution < -0.4 is 0 Å². The van der Waals surface area contributed by atoms with Crippen molar-refractivity contribution in [2.45, 2.75) is 0 Å². The van der Waals surface area contributed by atoms with Crippen LogP contribution >= 0.6 is 12.4 Å². The third-order valence-electron chi connectivity index (χ3n) is 1.16. The molecule has 3 heteroatoms. The predicted octanol–water partition coefficient (Wildman–Crippen LogP) is 1.32. The summed E-state index contributed by atoms with van der Waals surface area (Å²) in [5.74, 6) is 0. The quantitative estimate of drug-likeness (QED) is 0.536. The van der Waals surface area contributed by atoms with Gasteiger partial charge in [0.2, 0.25) is 0 Å². The molecule has 0 aromatic rings. The third-order valence-corrected chi connectivity index (χ3v) is 1.16. The first kappa shape index (κ1) is 9.06. The van der Waals surface area contributed by atoms with Crippen molar-refractivity contribution in [3.63, 3.8) is 0 Å². The molecule has 0 radical (unpaired) electrons. The summed E-state index contributed by atoms with van der Waals surface area (Å²) >= 11 is 0. The van der Waals surface area contributed by atoms with Gasteiger partial charge in [-0.3, -0.25) is 0 Å². The minimum absolute atomic E-state index is 0. The van der Waals surface area contributed by atoms with E-state index in [1.807, 2.05) is 29.3 Å². The summed E-state index contributed by atoms with van der Waals surface area (Å²) in [4.78, 5) is 1.94. The van der Waals surface area contributed by atoms with E-state index in [1.54, 1.807) is 0 Å². The van der Waals surface area contributed by atoms with Gasteiger partial charge in [-0.25, -0.2) is 0 Å². The average molecular weight is 157 g/mol. The number of hydrogen-bond acceptors (Lipinski definition) is 2. The highest BCUT2D eigenvalue weighted by Gasteiger charge is 1.95. The Morgan fingerprint density at radius 3 is 2.80 bits per heavy atom. The second-order valence-electron chi connectivity index (χ2n) is 1.86. The lowest BCUT2D eigenvalue weighted by Gasteiger charge is -2.15. The lowest BCUT2D eigenvalue weighted by atomic mass is 10.3. The van der Waals surface area contributed by atoms with E-state index in [0.717, 1.165) is 6.54 Å². The van der Waals surface area contributed by atoms with Gasteiger partial charge in [0, 0.05) is 12.7 Å². The van der Waals surface area contributed by atoms with Crippen LogP contribution in [0.3, 0.4) is 0 Å². The van der Waals surface area contributed by atoms with Crippen LogP contribution in [0.5, 0.6) is 0 Å². The molecule has 1 aliphatic rings. The Bertz CT molecular complexity index is 179. The zero-order chi connectivity index (χ0) is 6.53. The highest BCUT2D eigenvalue weighted by atomic mass is 35.5. The molecule has 0 spiro atoms. The van der Waals surface area contributed by atoms with E-state index in [9.17, 15) is 0 Å². The Kier molecular flexibility index (Phi) is 4.43. The van der Waals surface area contributed by atoms with Crippen LogP contribution in [-0.4, -0.2) is 18.0 Å². The van der Waals surface area contributed by atoms with Crippen molar-refractivity contribution >= 4 is 12.4 Å². The molecule has 0 aromatic carbocycles. The van der Waals surface area contributed by atoms with Gasteiger partial charge >= 0.3 is 0 Å². The van der Waals surface area contributed by atoms with Crippen molar-refractivity contribution in [3.8, 4) is 6.07 Å². The zero-order valence-electron chi connectivity index (χ0n) is 5.53. The fourth-order valence-electron chi connectivity index (χ4n) is 0.715. The van der Waals surface area contributed by atoms with Crippen LogP contribution in [-0.2, 0) is 0 Å². The fourth-order valence-corrected chi connectivity index (χ4v) is 0.715. The highest BCUT2D eigenvalue weighted by molar-refractivity contribution is 5.85. The largest absolute Gasteiger partial charge is 0.361 e. The number of hydrogen-bond donors (Lipinski definition) is 0. The summed E-state index contributed by atoms with van der Waals surface area (Å²) < 4.78 is 0. The van der Waals surface area contributed by atoms with E-state index in [0.29, 0.717) is 6.54 Å². The summed E-state index contributed by atoms with van der Waals surface area (Å²) in [5.41, 5.74) is 0. The van der Waals surface area contributed by atoms with Crippen LogP contribution in [0.1, 0.15) is 0 Å². The Labute approximate surface area is 66.8 Å². The lowest BCUT2D eigenvalue weighted by molar-refractivity contribution is 0.462. The molecule has 10 heavy (non-hydrogen) atoms. The third kappa shape index (κ3) is 2.56. The van der Waals surface area contributed by atoms with Crippen LogP contribution in [0.4, 0.5) is 0 Å². The minimum Gasteiger partial charge on any atom is -0.361 e. The Morgan fingerprint density at radius 1 is 1.50 bits per heavy atom. The molecule has 0 amide bonds. The summed E-state index contributed by atoms with van der Waals surface area (Å²) in [7, 11) is 0. The number of halogens is 1. The molecule has 0 aliphatic carbocycles. The SMILES string of the molecule is Cl.N#CCN1C=CC=CC1. The van der Waals surface area contributed by atoms with Crippen molar-refractivity contribution in [2.24, 2.45) is 0 Å². The molecule has 0 saturated carbocycles. The standard InChI is InChI=1S/C7H8N2.ClH/c8-4-7-9-5-2-1-3-6-9;/h1-3,5H,6-7H2;1H. The van der Waals surface area contributed by atoms with Crippen LogP contribution in [0.15, 0.2) is 24.4 Å². The molecular weight excluding hydrogens is 148 g/mol. The number of allylic oxidation sites excluding steroid dienone is 2. The molecule has 0 fully saturated rings. The molecular formula is C7H9ClN2. The summed E-state index contributed by atoms with van der Waals surface area (Å²) in [6, 6.07) is 2.08. The first-order valence-electron chi connectivity index (χ1n) is 2.88. The van der Waals surface area contributed by atoms with E-state index in [-0.39, 0.29) is 12.4 Å². The van der Waals surface area contributed by atoms with E-state index in [4.69, 9.17) is 5.26 Å².